The third-order valence-corrected chi connectivity index (χ3v) is 3.16. The summed E-state index contributed by atoms with van der Waals surface area (Å²) in [7, 11) is 1.50. The van der Waals surface area contributed by atoms with Crippen LogP contribution in [0.4, 0.5) is 28.9 Å². The van der Waals surface area contributed by atoms with Crippen LogP contribution in [0.15, 0.2) is 30.6 Å². The van der Waals surface area contributed by atoms with Gasteiger partial charge in [-0.1, -0.05) is 0 Å². The Morgan fingerprint density at radius 1 is 1.23 bits per heavy atom. The van der Waals surface area contributed by atoms with E-state index in [-0.39, 0.29) is 5.69 Å². The second-order valence-corrected chi connectivity index (χ2v) is 5.09. The summed E-state index contributed by atoms with van der Waals surface area (Å²) in [4.78, 5) is 23.6. The molecule has 0 unspecified atom stereocenters. The van der Waals surface area contributed by atoms with Gasteiger partial charge in [-0.2, -0.15) is 18.3 Å². The number of halogens is 4. The molecular weight excluding hydrogens is 360 g/mol. The second-order valence-electron chi connectivity index (χ2n) is 5.09. The van der Waals surface area contributed by atoms with Crippen LogP contribution in [0.5, 0.6) is 0 Å². The van der Waals surface area contributed by atoms with Crippen molar-refractivity contribution >= 4 is 23.2 Å². The van der Waals surface area contributed by atoms with E-state index in [0.717, 1.165) is 0 Å². The van der Waals surface area contributed by atoms with Gasteiger partial charge in [-0.25, -0.2) is 4.39 Å². The number of amides is 2. The largest absolute Gasteiger partial charge is 0.416 e. The van der Waals surface area contributed by atoms with Gasteiger partial charge in [0.2, 0.25) is 0 Å². The predicted molar refractivity (Wildman–Crippen MR) is 82.8 cm³/mol. The zero-order valence-corrected chi connectivity index (χ0v) is 13.4. The van der Waals surface area contributed by atoms with Crippen LogP contribution in [-0.4, -0.2) is 35.3 Å². The number of carbonyl (C=O) groups is 2. The summed E-state index contributed by atoms with van der Waals surface area (Å²) in [5.41, 5.74) is -1.73. The van der Waals surface area contributed by atoms with Crippen molar-refractivity contribution in [3.05, 3.63) is 42.0 Å². The summed E-state index contributed by atoms with van der Waals surface area (Å²) >= 11 is 0. The number of aromatic nitrogens is 2. The molecule has 26 heavy (non-hydrogen) atoms. The number of nitrogens with zero attached hydrogens (tertiary/aromatic N) is 2. The minimum atomic E-state index is -4.72. The number of methoxy groups -OCH3 is 1. The molecule has 0 saturated carbocycles. The third-order valence-electron chi connectivity index (χ3n) is 3.16. The maximum Gasteiger partial charge on any atom is 0.416 e. The first-order valence-electron chi connectivity index (χ1n) is 7.21. The monoisotopic (exact) mass is 374 g/mol. The maximum absolute atomic E-state index is 13.6. The molecule has 0 fully saturated rings. The first-order valence-corrected chi connectivity index (χ1v) is 7.21. The molecule has 2 aromatic rings. The molecule has 0 bridgehead atoms. The first kappa shape index (κ1) is 19.4. The molecule has 0 spiro atoms. The van der Waals surface area contributed by atoms with E-state index in [4.69, 9.17) is 4.74 Å². The number of hydrogen-bond acceptors (Lipinski definition) is 4. The normalized spacial score (nSPS) is 11.3. The fourth-order valence-electron chi connectivity index (χ4n) is 1.90. The van der Waals surface area contributed by atoms with Gasteiger partial charge in [-0.05, 0) is 18.2 Å². The van der Waals surface area contributed by atoms with E-state index < -0.39 is 35.1 Å². The summed E-state index contributed by atoms with van der Waals surface area (Å²) in [5.74, 6) is -3.62. The van der Waals surface area contributed by atoms with Gasteiger partial charge in [0.25, 0.3) is 0 Å². The first-order chi connectivity index (χ1) is 12.2. The van der Waals surface area contributed by atoms with Crippen molar-refractivity contribution in [2.24, 2.45) is 0 Å². The highest BCUT2D eigenvalue weighted by molar-refractivity contribution is 6.43. The van der Waals surface area contributed by atoms with E-state index in [1.807, 2.05) is 5.32 Å². The molecule has 7 nitrogen and oxygen atoms in total. The van der Waals surface area contributed by atoms with Crippen LogP contribution in [0.3, 0.4) is 0 Å². The highest BCUT2D eigenvalue weighted by Gasteiger charge is 2.31. The second kappa shape index (κ2) is 7.95. The molecule has 2 amide bonds. The summed E-state index contributed by atoms with van der Waals surface area (Å²) in [5, 5.41) is 7.92. The van der Waals surface area contributed by atoms with E-state index in [1.54, 1.807) is 0 Å². The minimum Gasteiger partial charge on any atom is -0.383 e. The third kappa shape index (κ3) is 5.02. The van der Waals surface area contributed by atoms with Gasteiger partial charge in [0, 0.05) is 13.3 Å². The summed E-state index contributed by atoms with van der Waals surface area (Å²) in [6.07, 6.45) is -2.02. The van der Waals surface area contributed by atoms with Gasteiger partial charge >= 0.3 is 18.0 Å². The average Bonchev–Trinajstić information content (AvgIpc) is 3.01. The van der Waals surface area contributed by atoms with Crippen LogP contribution >= 0.6 is 0 Å². The number of anilines is 2. The molecule has 11 heteroatoms. The molecule has 140 valence electrons. The van der Waals surface area contributed by atoms with Gasteiger partial charge in [0.05, 0.1) is 36.3 Å². The van der Waals surface area contributed by atoms with Gasteiger partial charge in [0.1, 0.15) is 5.82 Å². The Hall–Kier alpha value is -2.95. The van der Waals surface area contributed by atoms with Crippen LogP contribution in [-0.2, 0) is 27.0 Å². The fourth-order valence-corrected chi connectivity index (χ4v) is 1.90. The van der Waals surface area contributed by atoms with Crippen molar-refractivity contribution in [2.45, 2.75) is 12.7 Å². The number of alkyl halides is 3. The van der Waals surface area contributed by atoms with Crippen molar-refractivity contribution in [2.75, 3.05) is 24.4 Å². The molecular formula is C15H14F4N4O3. The number of nitrogens with one attached hydrogen (secondary N) is 2. The molecule has 1 aromatic carbocycles. The van der Waals surface area contributed by atoms with E-state index in [2.05, 4.69) is 10.4 Å². The van der Waals surface area contributed by atoms with E-state index in [0.29, 0.717) is 31.4 Å². The van der Waals surface area contributed by atoms with Gasteiger partial charge in [-0.3, -0.25) is 14.3 Å². The standard InChI is InChI=1S/C15H14F4N4O3/c1-26-5-4-23-8-10(7-20-23)21-13(24)14(25)22-12-6-9(15(17,18)19)2-3-11(12)16/h2-3,6-8H,4-5H2,1H3,(H,21,24)(H,22,25). The zero-order valence-electron chi connectivity index (χ0n) is 13.4. The number of carbonyl (C=O) groups excluding carboxylic acids is 2. The van der Waals surface area contributed by atoms with Crippen molar-refractivity contribution in [1.29, 1.82) is 0 Å². The van der Waals surface area contributed by atoms with Gasteiger partial charge in [-0.15, -0.1) is 0 Å². The molecule has 0 atom stereocenters. The van der Waals surface area contributed by atoms with E-state index in [1.165, 1.54) is 24.2 Å². The molecule has 1 heterocycles. The Labute approximate surface area is 144 Å². The Bertz CT molecular complexity index is 804. The van der Waals surface area contributed by atoms with Crippen LogP contribution < -0.4 is 10.6 Å². The van der Waals surface area contributed by atoms with E-state index in [9.17, 15) is 27.2 Å². The smallest absolute Gasteiger partial charge is 0.383 e. The van der Waals surface area contributed by atoms with Gasteiger partial charge in [0.15, 0.2) is 0 Å². The quantitative estimate of drug-likeness (QED) is 0.621. The summed E-state index contributed by atoms with van der Waals surface area (Å²) in [6.45, 7) is 0.790. The molecule has 2 N–H and O–H groups in total. The lowest BCUT2D eigenvalue weighted by Gasteiger charge is -2.10. The van der Waals surface area contributed by atoms with Crippen molar-refractivity contribution in [1.82, 2.24) is 9.78 Å². The Morgan fingerprint density at radius 3 is 2.58 bits per heavy atom. The maximum atomic E-state index is 13.6. The molecule has 0 aliphatic rings. The SMILES string of the molecule is COCCn1cc(NC(=O)C(=O)Nc2cc(C(F)(F)F)ccc2F)cn1. The zero-order chi connectivity index (χ0) is 19.3. The van der Waals surface area contributed by atoms with Crippen LogP contribution in [0.25, 0.3) is 0 Å². The molecule has 1 aromatic heterocycles. The highest BCUT2D eigenvalue weighted by Crippen LogP contribution is 2.31. The van der Waals surface area contributed by atoms with Crippen LogP contribution in [0.1, 0.15) is 5.56 Å². The molecule has 2 rings (SSSR count). The lowest BCUT2D eigenvalue weighted by atomic mass is 10.2. The summed E-state index contributed by atoms with van der Waals surface area (Å²) < 4.78 is 57.8. The summed E-state index contributed by atoms with van der Waals surface area (Å²) in [6, 6.07) is 1.49. The Balaban J connectivity index is 2.03. The Morgan fingerprint density at radius 2 is 1.92 bits per heavy atom. The van der Waals surface area contributed by atoms with Crippen LogP contribution in [0, 0.1) is 5.82 Å². The highest BCUT2D eigenvalue weighted by atomic mass is 19.4. The van der Waals surface area contributed by atoms with E-state index >= 15 is 0 Å². The number of hydrogen-bond donors (Lipinski definition) is 2. The number of benzene rings is 1. The van der Waals surface area contributed by atoms with Crippen molar-refractivity contribution < 1.29 is 31.9 Å². The van der Waals surface area contributed by atoms with Crippen molar-refractivity contribution in [3.63, 3.8) is 0 Å². The number of ether oxygens (including phenoxy) is 1. The Kier molecular flexibility index (Phi) is 5.93. The molecule has 0 radical (unpaired) electrons. The lowest BCUT2D eigenvalue weighted by molar-refractivity contribution is -0.137. The molecule has 0 aliphatic carbocycles. The predicted octanol–water partition coefficient (Wildman–Crippen LogP) is 2.26. The average molecular weight is 374 g/mol. The molecule has 0 aliphatic heterocycles. The fraction of sp³-hybridized carbons (Fsp3) is 0.267. The lowest BCUT2D eigenvalue weighted by Crippen LogP contribution is -2.29. The molecule has 0 saturated heterocycles. The van der Waals surface area contributed by atoms with Crippen molar-refractivity contribution in [3.8, 4) is 0 Å². The van der Waals surface area contributed by atoms with Gasteiger partial charge < -0.3 is 15.4 Å². The van der Waals surface area contributed by atoms with Crippen LogP contribution in [0.2, 0.25) is 0 Å². The topological polar surface area (TPSA) is 85.2 Å². The number of rotatable bonds is 5. The minimum absolute atomic E-state index is 0.186.